The molecule has 0 unspecified atom stereocenters. The summed E-state index contributed by atoms with van der Waals surface area (Å²) in [6, 6.07) is 9.11. The summed E-state index contributed by atoms with van der Waals surface area (Å²) < 4.78 is 5.62. The highest BCUT2D eigenvalue weighted by Crippen LogP contribution is 2.59. The van der Waals surface area contributed by atoms with Crippen LogP contribution < -0.4 is 0 Å². The summed E-state index contributed by atoms with van der Waals surface area (Å²) in [4.78, 5) is 12.3. The standard InChI is InChI=1S/C21H30O3/c1-20(2)12-7-13-21(3)16(17(22)10-11-18(20)21)14-24-19(23)15-8-5-4-6-9-15/h4-6,8-9,16-18,22H,7,10-14H2,1-3H3/t16-,17+,18+,21-/m1/s1. The summed E-state index contributed by atoms with van der Waals surface area (Å²) in [6.07, 6.45) is 5.08. The van der Waals surface area contributed by atoms with Crippen molar-refractivity contribution in [3.05, 3.63) is 35.9 Å². The van der Waals surface area contributed by atoms with Gasteiger partial charge in [-0.15, -0.1) is 0 Å². The van der Waals surface area contributed by atoms with Gasteiger partial charge in [0.15, 0.2) is 0 Å². The van der Waals surface area contributed by atoms with E-state index in [0.717, 1.165) is 19.3 Å². The van der Waals surface area contributed by atoms with Gasteiger partial charge in [0.25, 0.3) is 0 Å². The molecule has 2 fully saturated rings. The minimum atomic E-state index is -0.372. The molecule has 0 spiro atoms. The van der Waals surface area contributed by atoms with Gasteiger partial charge in [-0.3, -0.25) is 0 Å². The third kappa shape index (κ3) is 3.11. The Balaban J connectivity index is 1.74. The SMILES string of the molecule is CC1(C)CCC[C@]2(C)[C@H](COC(=O)c3ccccc3)[C@@H](O)CC[C@@H]12. The van der Waals surface area contributed by atoms with Crippen molar-refractivity contribution in [3.63, 3.8) is 0 Å². The number of ether oxygens (including phenoxy) is 1. The van der Waals surface area contributed by atoms with Gasteiger partial charge in [0.2, 0.25) is 0 Å². The van der Waals surface area contributed by atoms with Gasteiger partial charge in [0, 0.05) is 5.92 Å². The van der Waals surface area contributed by atoms with Crippen molar-refractivity contribution in [1.82, 2.24) is 0 Å². The molecule has 2 saturated carbocycles. The largest absolute Gasteiger partial charge is 0.462 e. The lowest BCUT2D eigenvalue weighted by atomic mass is 9.48. The smallest absolute Gasteiger partial charge is 0.338 e. The first-order valence-electron chi connectivity index (χ1n) is 9.25. The van der Waals surface area contributed by atoms with Crippen LogP contribution in [-0.2, 0) is 4.74 Å². The highest BCUT2D eigenvalue weighted by molar-refractivity contribution is 5.89. The quantitative estimate of drug-likeness (QED) is 0.833. The molecule has 24 heavy (non-hydrogen) atoms. The van der Waals surface area contributed by atoms with Crippen LogP contribution in [0.5, 0.6) is 0 Å². The van der Waals surface area contributed by atoms with Crippen LogP contribution in [0.25, 0.3) is 0 Å². The fraction of sp³-hybridized carbons (Fsp3) is 0.667. The van der Waals surface area contributed by atoms with Crippen LogP contribution in [0.4, 0.5) is 0 Å². The van der Waals surface area contributed by atoms with Gasteiger partial charge in [-0.05, 0) is 54.6 Å². The fourth-order valence-electron chi connectivity index (χ4n) is 5.43. The summed E-state index contributed by atoms with van der Waals surface area (Å²) in [6.45, 7) is 7.35. The minimum absolute atomic E-state index is 0.0310. The van der Waals surface area contributed by atoms with Crippen LogP contribution in [0.3, 0.4) is 0 Å². The second-order valence-electron chi connectivity index (χ2n) is 8.62. The molecular formula is C21H30O3. The number of carbonyl (C=O) groups excluding carboxylic acids is 1. The predicted octanol–water partition coefficient (Wildman–Crippen LogP) is 4.45. The third-order valence-electron chi connectivity index (χ3n) is 6.74. The molecule has 0 aromatic heterocycles. The number of aliphatic hydroxyl groups excluding tert-OH is 1. The first-order valence-corrected chi connectivity index (χ1v) is 9.25. The van der Waals surface area contributed by atoms with Crippen LogP contribution in [0.1, 0.15) is 63.2 Å². The first kappa shape index (κ1) is 17.5. The Morgan fingerprint density at radius 2 is 1.88 bits per heavy atom. The van der Waals surface area contributed by atoms with Crippen LogP contribution in [0, 0.1) is 22.7 Å². The van der Waals surface area contributed by atoms with Crippen molar-refractivity contribution in [1.29, 1.82) is 0 Å². The average molecular weight is 330 g/mol. The number of hydrogen-bond acceptors (Lipinski definition) is 3. The fourth-order valence-corrected chi connectivity index (χ4v) is 5.43. The van der Waals surface area contributed by atoms with Gasteiger partial charge >= 0.3 is 5.97 Å². The summed E-state index contributed by atoms with van der Waals surface area (Å²) >= 11 is 0. The molecule has 4 atom stereocenters. The Hall–Kier alpha value is -1.35. The molecule has 3 nitrogen and oxygen atoms in total. The number of esters is 1. The van der Waals surface area contributed by atoms with Gasteiger partial charge < -0.3 is 9.84 Å². The Bertz CT molecular complexity index is 580. The molecule has 2 aliphatic rings. The number of carbonyl (C=O) groups is 1. The molecule has 0 aliphatic heterocycles. The molecular weight excluding hydrogens is 300 g/mol. The number of rotatable bonds is 3. The van der Waals surface area contributed by atoms with Gasteiger partial charge in [-0.25, -0.2) is 4.79 Å². The molecule has 2 aliphatic carbocycles. The molecule has 0 saturated heterocycles. The Kier molecular flexibility index (Phi) is 4.74. The second-order valence-corrected chi connectivity index (χ2v) is 8.62. The normalized spacial score (nSPS) is 35.1. The zero-order valence-corrected chi connectivity index (χ0v) is 15.1. The van der Waals surface area contributed by atoms with E-state index in [2.05, 4.69) is 20.8 Å². The summed E-state index contributed by atoms with van der Waals surface area (Å²) in [5, 5.41) is 10.6. The van der Waals surface area contributed by atoms with Crippen LogP contribution in [-0.4, -0.2) is 23.8 Å². The second kappa shape index (κ2) is 6.51. The van der Waals surface area contributed by atoms with E-state index in [9.17, 15) is 9.90 Å². The first-order chi connectivity index (χ1) is 11.3. The summed E-state index contributed by atoms with van der Waals surface area (Å²) in [5.74, 6) is 0.328. The van der Waals surface area contributed by atoms with Crippen LogP contribution in [0.2, 0.25) is 0 Å². The van der Waals surface area contributed by atoms with E-state index in [1.54, 1.807) is 12.1 Å². The van der Waals surface area contributed by atoms with E-state index in [-0.39, 0.29) is 23.4 Å². The molecule has 0 bridgehead atoms. The molecule has 1 aromatic rings. The van der Waals surface area contributed by atoms with Gasteiger partial charge in [-0.1, -0.05) is 45.4 Å². The molecule has 1 aromatic carbocycles. The summed E-state index contributed by atoms with van der Waals surface area (Å²) in [5.41, 5.74) is 0.930. The van der Waals surface area contributed by atoms with E-state index in [1.807, 2.05) is 18.2 Å². The maximum Gasteiger partial charge on any atom is 0.338 e. The molecule has 0 amide bonds. The van der Waals surface area contributed by atoms with Crippen molar-refractivity contribution < 1.29 is 14.6 Å². The maximum atomic E-state index is 12.3. The molecule has 132 valence electrons. The lowest BCUT2D eigenvalue weighted by molar-refractivity contribution is -0.137. The zero-order chi connectivity index (χ0) is 17.4. The topological polar surface area (TPSA) is 46.5 Å². The van der Waals surface area contributed by atoms with Crippen LogP contribution in [0.15, 0.2) is 30.3 Å². The van der Waals surface area contributed by atoms with E-state index in [4.69, 9.17) is 4.74 Å². The van der Waals surface area contributed by atoms with E-state index in [1.165, 1.54) is 12.8 Å². The Morgan fingerprint density at radius 3 is 2.58 bits per heavy atom. The summed E-state index contributed by atoms with van der Waals surface area (Å²) in [7, 11) is 0. The van der Waals surface area contributed by atoms with Gasteiger partial charge in [-0.2, -0.15) is 0 Å². The van der Waals surface area contributed by atoms with Crippen molar-refractivity contribution in [2.75, 3.05) is 6.61 Å². The number of fused-ring (bicyclic) bond motifs is 1. The molecule has 0 radical (unpaired) electrons. The predicted molar refractivity (Wildman–Crippen MR) is 94.7 cm³/mol. The van der Waals surface area contributed by atoms with E-state index < -0.39 is 0 Å². The monoisotopic (exact) mass is 330 g/mol. The van der Waals surface area contributed by atoms with Gasteiger partial charge in [0.1, 0.15) is 0 Å². The molecule has 0 heterocycles. The van der Waals surface area contributed by atoms with E-state index >= 15 is 0 Å². The highest BCUT2D eigenvalue weighted by Gasteiger charge is 2.54. The van der Waals surface area contributed by atoms with Crippen LogP contribution >= 0.6 is 0 Å². The lowest BCUT2D eigenvalue weighted by Crippen LogP contribution is -2.54. The van der Waals surface area contributed by atoms with Crippen molar-refractivity contribution in [3.8, 4) is 0 Å². The average Bonchev–Trinajstić information content (AvgIpc) is 2.54. The van der Waals surface area contributed by atoms with Crippen molar-refractivity contribution in [2.45, 2.75) is 59.0 Å². The maximum absolute atomic E-state index is 12.3. The zero-order valence-electron chi connectivity index (χ0n) is 15.1. The van der Waals surface area contributed by atoms with E-state index in [0.29, 0.717) is 23.5 Å². The Morgan fingerprint density at radius 1 is 1.17 bits per heavy atom. The lowest BCUT2D eigenvalue weighted by Gasteiger charge is -2.58. The van der Waals surface area contributed by atoms with Crippen molar-refractivity contribution >= 4 is 5.97 Å². The molecule has 1 N–H and O–H groups in total. The molecule has 3 heteroatoms. The van der Waals surface area contributed by atoms with Crippen molar-refractivity contribution in [2.24, 2.45) is 22.7 Å². The number of benzene rings is 1. The third-order valence-corrected chi connectivity index (χ3v) is 6.74. The Labute approximate surface area is 145 Å². The molecule has 3 rings (SSSR count). The highest BCUT2D eigenvalue weighted by atomic mass is 16.5. The number of hydrogen-bond donors (Lipinski definition) is 1. The van der Waals surface area contributed by atoms with Gasteiger partial charge in [0.05, 0.1) is 18.3 Å². The number of aliphatic hydroxyl groups is 1. The minimum Gasteiger partial charge on any atom is -0.462 e.